The van der Waals surface area contributed by atoms with Gasteiger partial charge in [-0.25, -0.2) is 0 Å². The smallest absolute Gasteiger partial charge is 0.303 e. The van der Waals surface area contributed by atoms with E-state index in [2.05, 4.69) is 0 Å². The molecule has 0 spiro atoms. The molecule has 0 bridgehead atoms. The Hall–Kier alpha value is -1.78. The monoisotopic (exact) mass is 252 g/mol. The predicted molar refractivity (Wildman–Crippen MR) is 63.0 cm³/mol. The highest BCUT2D eigenvalue weighted by atomic mass is 16.4. The van der Waals surface area contributed by atoms with E-state index < -0.39 is 17.5 Å². The van der Waals surface area contributed by atoms with Crippen LogP contribution in [0, 0.1) is 5.92 Å². The first-order valence-electron chi connectivity index (χ1n) is 6.00. The average Bonchev–Trinajstić information content (AvgIpc) is 2.71. The molecule has 1 saturated carbocycles. The maximum atomic E-state index is 11.4. The molecule has 1 fully saturated rings. The zero-order chi connectivity index (χ0) is 13.5. The van der Waals surface area contributed by atoms with Crippen molar-refractivity contribution in [3.8, 4) is 0 Å². The zero-order valence-corrected chi connectivity index (χ0v) is 10.1. The van der Waals surface area contributed by atoms with Gasteiger partial charge in [0.25, 0.3) is 0 Å². The molecule has 5 heteroatoms. The molecule has 1 unspecified atom stereocenters. The van der Waals surface area contributed by atoms with Gasteiger partial charge in [0.1, 0.15) is 5.78 Å². The molecular weight excluding hydrogens is 236 g/mol. The van der Waals surface area contributed by atoms with Gasteiger partial charge in [0.2, 0.25) is 11.6 Å². The summed E-state index contributed by atoms with van der Waals surface area (Å²) in [5, 5.41) is 8.39. The van der Waals surface area contributed by atoms with E-state index in [1.54, 1.807) is 0 Å². The molecular formula is C13H16O5. The summed E-state index contributed by atoms with van der Waals surface area (Å²) in [7, 11) is 0. The zero-order valence-electron chi connectivity index (χ0n) is 10.1. The molecule has 0 radical (unpaired) electrons. The number of rotatable bonds is 7. The molecule has 98 valence electrons. The molecule has 0 aromatic carbocycles. The molecule has 18 heavy (non-hydrogen) atoms. The van der Waals surface area contributed by atoms with Gasteiger partial charge < -0.3 is 5.11 Å². The van der Waals surface area contributed by atoms with Gasteiger partial charge in [-0.3, -0.25) is 19.2 Å². The van der Waals surface area contributed by atoms with Crippen molar-refractivity contribution in [1.82, 2.24) is 0 Å². The van der Waals surface area contributed by atoms with Crippen molar-refractivity contribution in [3.05, 3.63) is 12.2 Å². The summed E-state index contributed by atoms with van der Waals surface area (Å²) in [5.41, 5.74) is 0. The Morgan fingerprint density at radius 1 is 1.28 bits per heavy atom. The van der Waals surface area contributed by atoms with Gasteiger partial charge in [-0.05, 0) is 25.3 Å². The Morgan fingerprint density at radius 2 is 2.00 bits per heavy atom. The summed E-state index contributed by atoms with van der Waals surface area (Å²) in [5.74, 6) is -2.36. The highest BCUT2D eigenvalue weighted by Crippen LogP contribution is 2.22. The summed E-state index contributed by atoms with van der Waals surface area (Å²) in [6.45, 7) is 0. The Labute approximate surface area is 105 Å². The minimum Gasteiger partial charge on any atom is -0.481 e. The lowest BCUT2D eigenvalue weighted by Crippen LogP contribution is -2.12. The van der Waals surface area contributed by atoms with Gasteiger partial charge in [-0.1, -0.05) is 6.08 Å². The second-order valence-corrected chi connectivity index (χ2v) is 4.36. The van der Waals surface area contributed by atoms with Crippen molar-refractivity contribution in [1.29, 1.82) is 0 Å². The molecule has 0 aromatic heterocycles. The Kier molecular flexibility index (Phi) is 5.42. The number of carboxylic acids is 1. The van der Waals surface area contributed by atoms with Crippen LogP contribution in [0.2, 0.25) is 0 Å². The number of carbonyl (C=O) groups excluding carboxylic acids is 3. The van der Waals surface area contributed by atoms with Crippen LogP contribution < -0.4 is 0 Å². The van der Waals surface area contributed by atoms with Crippen LogP contribution in [-0.2, 0) is 19.2 Å². The van der Waals surface area contributed by atoms with Gasteiger partial charge in [-0.2, -0.15) is 0 Å². The summed E-state index contributed by atoms with van der Waals surface area (Å²) >= 11 is 0. The van der Waals surface area contributed by atoms with Crippen molar-refractivity contribution < 1.29 is 24.3 Å². The fraction of sp³-hybridized carbons (Fsp3) is 0.538. The topological polar surface area (TPSA) is 88.5 Å². The van der Waals surface area contributed by atoms with Crippen molar-refractivity contribution in [2.24, 2.45) is 5.92 Å². The normalized spacial score (nSPS) is 19.3. The molecule has 1 rings (SSSR count). The van der Waals surface area contributed by atoms with Crippen LogP contribution in [0.1, 0.15) is 38.5 Å². The maximum absolute atomic E-state index is 11.4. The van der Waals surface area contributed by atoms with Gasteiger partial charge in [0.15, 0.2) is 0 Å². The molecule has 1 atom stereocenters. The lowest BCUT2D eigenvalue weighted by Gasteiger charge is -1.99. The third-order valence-electron chi connectivity index (χ3n) is 2.90. The molecule has 1 N–H and O–H groups in total. The Morgan fingerprint density at radius 3 is 2.56 bits per heavy atom. The third-order valence-corrected chi connectivity index (χ3v) is 2.90. The first-order valence-corrected chi connectivity index (χ1v) is 6.00. The summed E-state index contributed by atoms with van der Waals surface area (Å²) in [4.78, 5) is 44.2. The summed E-state index contributed by atoms with van der Waals surface area (Å²) in [6, 6.07) is 0. The van der Waals surface area contributed by atoms with Crippen molar-refractivity contribution in [2.75, 3.05) is 0 Å². The molecule has 1 aliphatic rings. The quantitative estimate of drug-likeness (QED) is 0.545. The number of allylic oxidation sites excluding steroid dienone is 2. The van der Waals surface area contributed by atoms with Crippen LogP contribution in [0.5, 0.6) is 0 Å². The van der Waals surface area contributed by atoms with E-state index in [1.807, 2.05) is 0 Å². The number of Topliss-reactive ketones (excluding diaryl/α,β-unsaturated/α-hetero) is 2. The first kappa shape index (κ1) is 14.3. The molecule has 0 saturated heterocycles. The van der Waals surface area contributed by atoms with Gasteiger partial charge in [0.05, 0.1) is 0 Å². The number of carbonyl (C=O) groups is 4. The van der Waals surface area contributed by atoms with E-state index in [4.69, 9.17) is 5.11 Å². The van der Waals surface area contributed by atoms with E-state index in [9.17, 15) is 19.2 Å². The minimum absolute atomic E-state index is 0.0614. The van der Waals surface area contributed by atoms with E-state index >= 15 is 0 Å². The van der Waals surface area contributed by atoms with Crippen LogP contribution in [-0.4, -0.2) is 28.4 Å². The summed E-state index contributed by atoms with van der Waals surface area (Å²) < 4.78 is 0. The van der Waals surface area contributed by atoms with Gasteiger partial charge >= 0.3 is 5.97 Å². The number of hydrogen-bond acceptors (Lipinski definition) is 4. The fourth-order valence-corrected chi connectivity index (χ4v) is 1.87. The Balaban J connectivity index is 2.35. The highest BCUT2D eigenvalue weighted by Gasteiger charge is 2.22. The maximum Gasteiger partial charge on any atom is 0.303 e. The average molecular weight is 252 g/mol. The number of carboxylic acid groups (broad SMARTS) is 1. The molecule has 0 heterocycles. The summed E-state index contributed by atoms with van der Waals surface area (Å²) in [6.07, 6.45) is 4.72. The minimum atomic E-state index is -0.984. The van der Waals surface area contributed by atoms with Gasteiger partial charge in [0, 0.05) is 25.2 Å². The van der Waals surface area contributed by atoms with Crippen LogP contribution in [0.15, 0.2) is 12.2 Å². The molecule has 0 aromatic rings. The van der Waals surface area contributed by atoms with Crippen LogP contribution in [0.3, 0.4) is 0 Å². The van der Waals surface area contributed by atoms with E-state index in [0.717, 1.165) is 18.9 Å². The number of aliphatic carboxylic acids is 1. The number of ketones is 3. The highest BCUT2D eigenvalue weighted by molar-refractivity contribution is 6.41. The third kappa shape index (κ3) is 4.61. The van der Waals surface area contributed by atoms with Gasteiger partial charge in [-0.15, -0.1) is 0 Å². The SMILES string of the molecule is O=C(O)CCCC(=O)C(=O)C=CC1CCCC1=O. The largest absolute Gasteiger partial charge is 0.481 e. The molecule has 0 aliphatic heterocycles. The van der Waals surface area contributed by atoms with E-state index in [1.165, 1.54) is 6.08 Å². The standard InChI is InChI=1S/C13H16O5/c14-10-4-1-3-9(10)7-8-12(16)11(15)5-2-6-13(17)18/h7-9H,1-6H2,(H,17,18). The first-order chi connectivity index (χ1) is 8.50. The van der Waals surface area contributed by atoms with Crippen LogP contribution >= 0.6 is 0 Å². The van der Waals surface area contributed by atoms with Crippen molar-refractivity contribution in [3.63, 3.8) is 0 Å². The number of hydrogen-bond donors (Lipinski definition) is 1. The predicted octanol–water partition coefficient (Wildman–Crippen LogP) is 1.30. The van der Waals surface area contributed by atoms with Crippen molar-refractivity contribution in [2.45, 2.75) is 38.5 Å². The van der Waals surface area contributed by atoms with Crippen LogP contribution in [0.25, 0.3) is 0 Å². The molecule has 1 aliphatic carbocycles. The van der Waals surface area contributed by atoms with Crippen molar-refractivity contribution >= 4 is 23.3 Å². The van der Waals surface area contributed by atoms with E-state index in [-0.39, 0.29) is 31.0 Å². The fourth-order valence-electron chi connectivity index (χ4n) is 1.87. The molecule has 0 amide bonds. The second kappa shape index (κ2) is 6.83. The van der Waals surface area contributed by atoms with Crippen LogP contribution in [0.4, 0.5) is 0 Å². The lowest BCUT2D eigenvalue weighted by atomic mass is 10.0. The second-order valence-electron chi connectivity index (χ2n) is 4.36. The molecule has 5 nitrogen and oxygen atoms in total. The Bertz CT molecular complexity index is 394. The van der Waals surface area contributed by atoms with E-state index in [0.29, 0.717) is 6.42 Å². The lowest BCUT2D eigenvalue weighted by molar-refractivity contribution is -0.137.